The molecule has 6 heteroatoms. The molecule has 0 aliphatic rings. The summed E-state index contributed by atoms with van der Waals surface area (Å²) in [6.07, 6.45) is 3.31. The molecular formula is C7H14ClN5. The first-order valence-corrected chi connectivity index (χ1v) is 4.90. The van der Waals surface area contributed by atoms with Crippen LogP contribution in [-0.2, 0) is 7.05 Å². The van der Waals surface area contributed by atoms with Gasteiger partial charge in [-0.05, 0) is 23.3 Å². The van der Waals surface area contributed by atoms with Crippen LogP contribution in [0.5, 0.6) is 0 Å². The van der Waals surface area contributed by atoms with Gasteiger partial charge in [-0.15, -0.1) is 11.6 Å². The van der Waals surface area contributed by atoms with Gasteiger partial charge in [0.25, 0.3) is 0 Å². The third kappa shape index (κ3) is 3.59. The maximum atomic E-state index is 5.55. The van der Waals surface area contributed by atoms with E-state index in [-0.39, 0.29) is 0 Å². The lowest BCUT2D eigenvalue weighted by Crippen LogP contribution is -2.07. The highest BCUT2D eigenvalue weighted by Gasteiger charge is 1.98. The first-order valence-electron chi connectivity index (χ1n) is 4.37. The van der Waals surface area contributed by atoms with Crippen LogP contribution >= 0.6 is 11.6 Å². The monoisotopic (exact) mass is 203 g/mol. The molecule has 0 aromatic carbocycles. The third-order valence-corrected chi connectivity index (χ3v) is 1.98. The van der Waals surface area contributed by atoms with Crippen LogP contribution in [0.25, 0.3) is 0 Å². The second-order valence-electron chi connectivity index (χ2n) is 2.80. The zero-order valence-corrected chi connectivity index (χ0v) is 8.46. The van der Waals surface area contributed by atoms with Crippen molar-refractivity contribution in [2.45, 2.75) is 19.3 Å². The first kappa shape index (κ1) is 10.2. The Morgan fingerprint density at radius 2 is 2.23 bits per heavy atom. The Morgan fingerprint density at radius 1 is 1.38 bits per heavy atom. The zero-order chi connectivity index (χ0) is 9.52. The number of alkyl halides is 1. The van der Waals surface area contributed by atoms with Gasteiger partial charge in [0.2, 0.25) is 5.95 Å². The summed E-state index contributed by atoms with van der Waals surface area (Å²) in [5.41, 5.74) is 0. The van der Waals surface area contributed by atoms with Crippen LogP contribution in [0.15, 0.2) is 0 Å². The van der Waals surface area contributed by atoms with Gasteiger partial charge in [0, 0.05) is 19.5 Å². The molecule has 0 fully saturated rings. The normalized spacial score (nSPS) is 10.3. The molecule has 0 unspecified atom stereocenters. The average Bonchev–Trinajstić information content (AvgIpc) is 2.52. The number of aromatic nitrogens is 4. The molecule has 0 bridgehead atoms. The number of hydrogen-bond acceptors (Lipinski definition) is 4. The van der Waals surface area contributed by atoms with Gasteiger partial charge < -0.3 is 5.32 Å². The van der Waals surface area contributed by atoms with Crippen LogP contribution in [0.4, 0.5) is 5.95 Å². The molecule has 1 rings (SSSR count). The number of tetrazole rings is 1. The topological polar surface area (TPSA) is 55.6 Å². The van der Waals surface area contributed by atoms with Crippen LogP contribution in [-0.4, -0.2) is 32.6 Å². The van der Waals surface area contributed by atoms with Gasteiger partial charge in [0.15, 0.2) is 0 Å². The van der Waals surface area contributed by atoms with E-state index in [0.29, 0.717) is 5.95 Å². The Morgan fingerprint density at radius 3 is 2.85 bits per heavy atom. The van der Waals surface area contributed by atoms with Crippen LogP contribution in [0.1, 0.15) is 19.3 Å². The molecule has 0 atom stereocenters. The van der Waals surface area contributed by atoms with E-state index < -0.39 is 0 Å². The number of nitrogens with zero attached hydrogens (tertiary/aromatic N) is 4. The van der Waals surface area contributed by atoms with Crippen LogP contribution in [0.3, 0.4) is 0 Å². The number of unbranched alkanes of at least 4 members (excludes halogenated alkanes) is 2. The Kier molecular flexibility index (Phi) is 4.53. The molecule has 0 saturated heterocycles. The zero-order valence-electron chi connectivity index (χ0n) is 7.70. The predicted molar refractivity (Wildman–Crippen MR) is 51.9 cm³/mol. The van der Waals surface area contributed by atoms with Crippen molar-refractivity contribution in [1.29, 1.82) is 0 Å². The van der Waals surface area contributed by atoms with E-state index >= 15 is 0 Å². The summed E-state index contributed by atoms with van der Waals surface area (Å²) in [5.74, 6) is 1.46. The first-order chi connectivity index (χ1) is 6.34. The van der Waals surface area contributed by atoms with Gasteiger partial charge in [-0.3, -0.25) is 0 Å². The highest BCUT2D eigenvalue weighted by molar-refractivity contribution is 6.17. The summed E-state index contributed by atoms with van der Waals surface area (Å²) in [5, 5.41) is 14.2. The van der Waals surface area contributed by atoms with Gasteiger partial charge in [-0.1, -0.05) is 11.5 Å². The standard InChI is InChI=1S/C7H14ClN5/c1-13-7(10-11-12-13)9-6-4-2-3-5-8/h2-6H2,1H3,(H,9,10,12). The number of halogens is 1. The quantitative estimate of drug-likeness (QED) is 0.554. The SMILES string of the molecule is Cn1nnnc1NCCCCCCl. The maximum Gasteiger partial charge on any atom is 0.242 e. The molecule has 74 valence electrons. The average molecular weight is 204 g/mol. The smallest absolute Gasteiger partial charge is 0.242 e. The molecule has 0 aliphatic heterocycles. The molecule has 0 spiro atoms. The van der Waals surface area contributed by atoms with E-state index in [1.54, 1.807) is 11.7 Å². The molecule has 0 aliphatic carbocycles. The Balaban J connectivity index is 2.10. The lowest BCUT2D eigenvalue weighted by molar-refractivity contribution is 0.703. The second-order valence-corrected chi connectivity index (χ2v) is 3.18. The van der Waals surface area contributed by atoms with Crippen LogP contribution in [0.2, 0.25) is 0 Å². The summed E-state index contributed by atoms with van der Waals surface area (Å²) in [7, 11) is 1.81. The van der Waals surface area contributed by atoms with Crippen molar-refractivity contribution >= 4 is 17.5 Å². The third-order valence-electron chi connectivity index (χ3n) is 1.71. The van der Waals surface area contributed by atoms with E-state index in [1.807, 2.05) is 0 Å². The molecule has 0 radical (unpaired) electrons. The fourth-order valence-electron chi connectivity index (χ4n) is 0.976. The van der Waals surface area contributed by atoms with E-state index in [1.165, 1.54) is 0 Å². The molecule has 5 nitrogen and oxygen atoms in total. The molecular weight excluding hydrogens is 190 g/mol. The van der Waals surface area contributed by atoms with Crippen molar-refractivity contribution in [2.75, 3.05) is 17.7 Å². The summed E-state index contributed by atoms with van der Waals surface area (Å²) in [6, 6.07) is 0. The summed E-state index contributed by atoms with van der Waals surface area (Å²) >= 11 is 5.55. The number of rotatable bonds is 6. The van der Waals surface area contributed by atoms with Gasteiger partial charge >= 0.3 is 0 Å². The van der Waals surface area contributed by atoms with Crippen molar-refractivity contribution < 1.29 is 0 Å². The summed E-state index contributed by atoms with van der Waals surface area (Å²) in [4.78, 5) is 0. The molecule has 0 amide bonds. The molecule has 1 aromatic rings. The minimum Gasteiger partial charge on any atom is -0.353 e. The van der Waals surface area contributed by atoms with Gasteiger partial charge in [0.1, 0.15) is 0 Å². The van der Waals surface area contributed by atoms with Gasteiger partial charge in [-0.25, -0.2) is 4.68 Å². The van der Waals surface area contributed by atoms with Crippen molar-refractivity contribution in [2.24, 2.45) is 7.05 Å². The van der Waals surface area contributed by atoms with Crippen molar-refractivity contribution in [1.82, 2.24) is 20.2 Å². The fraction of sp³-hybridized carbons (Fsp3) is 0.857. The summed E-state index contributed by atoms with van der Waals surface area (Å²) < 4.78 is 1.61. The highest BCUT2D eigenvalue weighted by Crippen LogP contribution is 1.99. The Labute approximate surface area is 82.5 Å². The Bertz CT molecular complexity index is 237. The van der Waals surface area contributed by atoms with Crippen molar-refractivity contribution in [3.8, 4) is 0 Å². The second kappa shape index (κ2) is 5.75. The lowest BCUT2D eigenvalue weighted by Gasteiger charge is -2.02. The summed E-state index contributed by atoms with van der Waals surface area (Å²) in [6.45, 7) is 0.894. The molecule has 13 heavy (non-hydrogen) atoms. The highest BCUT2D eigenvalue weighted by atomic mass is 35.5. The van der Waals surface area contributed by atoms with Crippen molar-refractivity contribution in [3.05, 3.63) is 0 Å². The van der Waals surface area contributed by atoms with Gasteiger partial charge in [-0.2, -0.15) is 0 Å². The van der Waals surface area contributed by atoms with Crippen molar-refractivity contribution in [3.63, 3.8) is 0 Å². The number of nitrogens with one attached hydrogen (secondary N) is 1. The van der Waals surface area contributed by atoms with Crippen LogP contribution < -0.4 is 5.32 Å². The van der Waals surface area contributed by atoms with E-state index in [0.717, 1.165) is 31.7 Å². The fourth-order valence-corrected chi connectivity index (χ4v) is 1.16. The van der Waals surface area contributed by atoms with E-state index in [4.69, 9.17) is 11.6 Å². The largest absolute Gasteiger partial charge is 0.353 e. The minimum absolute atomic E-state index is 0.714. The number of hydrogen-bond donors (Lipinski definition) is 1. The minimum atomic E-state index is 0.714. The molecule has 1 N–H and O–H groups in total. The maximum absolute atomic E-state index is 5.55. The van der Waals surface area contributed by atoms with Crippen LogP contribution in [0, 0.1) is 0 Å². The number of anilines is 1. The van der Waals surface area contributed by atoms with Gasteiger partial charge in [0.05, 0.1) is 0 Å². The Hall–Kier alpha value is -0.840. The molecule has 1 aromatic heterocycles. The molecule has 0 saturated carbocycles. The molecule has 1 heterocycles. The van der Waals surface area contributed by atoms with E-state index in [9.17, 15) is 0 Å². The predicted octanol–water partition coefficient (Wildman–Crippen LogP) is 1.03. The van der Waals surface area contributed by atoms with E-state index in [2.05, 4.69) is 20.8 Å². The lowest BCUT2D eigenvalue weighted by atomic mass is 10.2. The number of aryl methyl sites for hydroxylation is 1.